The lowest BCUT2D eigenvalue weighted by molar-refractivity contribution is -0.143. The van der Waals surface area contributed by atoms with Gasteiger partial charge < -0.3 is 10.4 Å². The molecule has 0 saturated carbocycles. The molecule has 1 fully saturated rings. The fourth-order valence-corrected chi connectivity index (χ4v) is 2.78. The minimum atomic E-state index is -4.13. The summed E-state index contributed by atoms with van der Waals surface area (Å²) in [5, 5.41) is 13.2. The Labute approximate surface area is 126 Å². The molecule has 2 N–H and O–H groups in total. The highest BCUT2D eigenvalue weighted by Gasteiger charge is 2.34. The zero-order valence-corrected chi connectivity index (χ0v) is 12.2. The van der Waals surface area contributed by atoms with Crippen molar-refractivity contribution < 1.29 is 18.3 Å². The minimum Gasteiger partial charge on any atom is -0.506 e. The third-order valence-electron chi connectivity index (χ3n) is 3.59. The van der Waals surface area contributed by atoms with Crippen LogP contribution in [0.3, 0.4) is 0 Å². The van der Waals surface area contributed by atoms with Crippen molar-refractivity contribution in [1.82, 2.24) is 10.2 Å². The lowest BCUT2D eigenvalue weighted by Crippen LogP contribution is -2.33. The number of benzene rings is 1. The number of hydrogen-bond donors (Lipinski definition) is 2. The van der Waals surface area contributed by atoms with Gasteiger partial charge in [0.05, 0.1) is 11.6 Å². The van der Waals surface area contributed by atoms with E-state index >= 15 is 0 Å². The topological polar surface area (TPSA) is 35.5 Å². The molecule has 0 spiro atoms. The second kappa shape index (κ2) is 6.85. The van der Waals surface area contributed by atoms with E-state index in [1.54, 1.807) is 18.2 Å². The summed E-state index contributed by atoms with van der Waals surface area (Å²) in [5.41, 5.74) is 0.688. The number of para-hydroxylation sites is 1. The number of rotatable bonds is 5. The molecule has 1 atom stereocenters. The van der Waals surface area contributed by atoms with E-state index in [0.29, 0.717) is 36.8 Å². The molecule has 0 radical (unpaired) electrons. The van der Waals surface area contributed by atoms with E-state index in [2.05, 4.69) is 5.32 Å². The molecular weight excluding hydrogens is 305 g/mol. The van der Waals surface area contributed by atoms with Gasteiger partial charge in [0, 0.05) is 18.7 Å². The highest BCUT2D eigenvalue weighted by molar-refractivity contribution is 6.32. The Hall–Kier alpha value is -0.980. The Morgan fingerprint density at radius 2 is 2.14 bits per heavy atom. The first-order chi connectivity index (χ1) is 9.85. The average Bonchev–Trinajstić information content (AvgIpc) is 2.80. The molecule has 0 aliphatic carbocycles. The third-order valence-corrected chi connectivity index (χ3v) is 3.90. The molecule has 0 bridgehead atoms. The van der Waals surface area contributed by atoms with E-state index < -0.39 is 12.7 Å². The predicted octanol–water partition coefficient (Wildman–Crippen LogP) is 3.02. The maximum atomic E-state index is 12.3. The molecule has 118 valence electrons. The van der Waals surface area contributed by atoms with E-state index in [1.165, 1.54) is 4.90 Å². The molecule has 1 aromatic rings. The van der Waals surface area contributed by atoms with Gasteiger partial charge in [-0.2, -0.15) is 13.2 Å². The Bertz CT molecular complexity index is 482. The summed E-state index contributed by atoms with van der Waals surface area (Å²) in [6.07, 6.45) is -3.38. The smallest absolute Gasteiger partial charge is 0.401 e. The lowest BCUT2D eigenvalue weighted by atomic mass is 10.1. The van der Waals surface area contributed by atoms with Crippen molar-refractivity contribution in [2.75, 3.05) is 26.2 Å². The summed E-state index contributed by atoms with van der Waals surface area (Å²) in [4.78, 5) is 1.43. The van der Waals surface area contributed by atoms with Crippen molar-refractivity contribution in [3.8, 4) is 5.75 Å². The number of hydrogen-bond acceptors (Lipinski definition) is 3. The molecule has 1 aliphatic heterocycles. The van der Waals surface area contributed by atoms with Gasteiger partial charge in [-0.1, -0.05) is 23.7 Å². The van der Waals surface area contributed by atoms with Gasteiger partial charge in [-0.15, -0.1) is 0 Å². The fourth-order valence-electron chi connectivity index (χ4n) is 2.59. The summed E-state index contributed by atoms with van der Waals surface area (Å²) in [5.74, 6) is 0.255. The summed E-state index contributed by atoms with van der Waals surface area (Å²) in [6, 6.07) is 5.12. The van der Waals surface area contributed by atoms with Gasteiger partial charge in [-0.25, -0.2) is 0 Å². The standard InChI is InChI=1S/C14H18ClF3N2O/c15-12-3-1-2-11(13(12)21)7-19-6-10-4-5-20(8-10)9-14(16,17)18/h1-3,10,19,21H,4-9H2. The molecule has 7 heteroatoms. The zero-order chi connectivity index (χ0) is 15.5. The van der Waals surface area contributed by atoms with E-state index in [9.17, 15) is 18.3 Å². The number of halogens is 4. The SMILES string of the molecule is Oc1c(Cl)cccc1CNCC1CCN(CC(F)(F)F)C1. The Morgan fingerprint density at radius 1 is 1.38 bits per heavy atom. The molecule has 1 aromatic carbocycles. The van der Waals surface area contributed by atoms with Gasteiger partial charge in [0.15, 0.2) is 0 Å². The Balaban J connectivity index is 1.74. The molecule has 1 heterocycles. The van der Waals surface area contributed by atoms with Crippen molar-refractivity contribution in [2.24, 2.45) is 5.92 Å². The summed E-state index contributed by atoms with van der Waals surface area (Å²) < 4.78 is 36.9. The fraction of sp³-hybridized carbons (Fsp3) is 0.571. The quantitative estimate of drug-likeness (QED) is 0.874. The Kier molecular flexibility index (Phi) is 5.35. The number of nitrogens with one attached hydrogen (secondary N) is 1. The van der Waals surface area contributed by atoms with Crippen LogP contribution in [0, 0.1) is 5.92 Å². The summed E-state index contributed by atoms with van der Waals surface area (Å²) in [7, 11) is 0. The predicted molar refractivity (Wildman–Crippen MR) is 75.4 cm³/mol. The largest absolute Gasteiger partial charge is 0.506 e. The lowest BCUT2D eigenvalue weighted by Gasteiger charge is -2.18. The summed E-state index contributed by atoms with van der Waals surface area (Å²) >= 11 is 5.81. The molecule has 1 saturated heterocycles. The van der Waals surface area contributed by atoms with Crippen LogP contribution in [-0.2, 0) is 6.54 Å². The third kappa shape index (κ3) is 5.05. The highest BCUT2D eigenvalue weighted by Crippen LogP contribution is 2.27. The number of likely N-dealkylation sites (tertiary alicyclic amines) is 1. The van der Waals surface area contributed by atoms with Crippen LogP contribution in [-0.4, -0.2) is 42.4 Å². The van der Waals surface area contributed by atoms with E-state index in [1.807, 2.05) is 0 Å². The van der Waals surface area contributed by atoms with Crippen LogP contribution in [0.2, 0.25) is 5.02 Å². The first kappa shape index (κ1) is 16.4. The number of aromatic hydroxyl groups is 1. The average molecular weight is 323 g/mol. The van der Waals surface area contributed by atoms with Gasteiger partial charge in [-0.05, 0) is 31.5 Å². The number of alkyl halides is 3. The normalized spacial score (nSPS) is 20.1. The van der Waals surface area contributed by atoms with Crippen molar-refractivity contribution in [3.05, 3.63) is 28.8 Å². The molecule has 2 rings (SSSR count). The van der Waals surface area contributed by atoms with Crippen LogP contribution < -0.4 is 5.32 Å². The molecule has 21 heavy (non-hydrogen) atoms. The maximum absolute atomic E-state index is 12.3. The van der Waals surface area contributed by atoms with Crippen LogP contribution in [0.25, 0.3) is 0 Å². The zero-order valence-electron chi connectivity index (χ0n) is 11.5. The van der Waals surface area contributed by atoms with E-state index in [0.717, 1.165) is 6.42 Å². The van der Waals surface area contributed by atoms with Crippen LogP contribution in [0.15, 0.2) is 18.2 Å². The van der Waals surface area contributed by atoms with Crippen LogP contribution in [0.4, 0.5) is 13.2 Å². The molecule has 1 unspecified atom stereocenters. The van der Waals surface area contributed by atoms with Gasteiger partial charge in [0.1, 0.15) is 5.75 Å². The first-order valence-corrected chi connectivity index (χ1v) is 7.19. The summed E-state index contributed by atoms with van der Waals surface area (Å²) in [6.45, 7) is 1.17. The van der Waals surface area contributed by atoms with Crippen molar-refractivity contribution >= 4 is 11.6 Å². The molecule has 0 aromatic heterocycles. The molecule has 1 aliphatic rings. The van der Waals surface area contributed by atoms with Crippen LogP contribution >= 0.6 is 11.6 Å². The molecule has 0 amide bonds. The molecule has 3 nitrogen and oxygen atoms in total. The first-order valence-electron chi connectivity index (χ1n) is 6.81. The number of nitrogens with zero attached hydrogens (tertiary/aromatic N) is 1. The van der Waals surface area contributed by atoms with Gasteiger partial charge in [0.25, 0.3) is 0 Å². The Morgan fingerprint density at radius 3 is 2.86 bits per heavy atom. The number of phenols is 1. The van der Waals surface area contributed by atoms with Gasteiger partial charge >= 0.3 is 6.18 Å². The van der Waals surface area contributed by atoms with Crippen LogP contribution in [0.5, 0.6) is 5.75 Å². The maximum Gasteiger partial charge on any atom is 0.401 e. The second-order valence-corrected chi connectivity index (χ2v) is 5.79. The van der Waals surface area contributed by atoms with Crippen molar-refractivity contribution in [1.29, 1.82) is 0 Å². The molecular formula is C14H18ClF3N2O. The van der Waals surface area contributed by atoms with E-state index in [-0.39, 0.29) is 11.7 Å². The minimum absolute atomic E-state index is 0.0526. The van der Waals surface area contributed by atoms with Gasteiger partial charge in [-0.3, -0.25) is 4.90 Å². The van der Waals surface area contributed by atoms with Crippen LogP contribution in [0.1, 0.15) is 12.0 Å². The monoisotopic (exact) mass is 322 g/mol. The van der Waals surface area contributed by atoms with Crippen molar-refractivity contribution in [3.63, 3.8) is 0 Å². The highest BCUT2D eigenvalue weighted by atomic mass is 35.5. The number of phenolic OH excluding ortho intramolecular Hbond substituents is 1. The van der Waals surface area contributed by atoms with Gasteiger partial charge in [0.2, 0.25) is 0 Å². The van der Waals surface area contributed by atoms with E-state index in [4.69, 9.17) is 11.6 Å². The van der Waals surface area contributed by atoms with Crippen molar-refractivity contribution in [2.45, 2.75) is 19.1 Å². The second-order valence-electron chi connectivity index (χ2n) is 5.38.